The van der Waals surface area contributed by atoms with Gasteiger partial charge in [-0.25, -0.2) is 9.97 Å². The van der Waals surface area contributed by atoms with Gasteiger partial charge in [-0.2, -0.15) is 0 Å². The Balaban J connectivity index is 2.20. The molecule has 20 heavy (non-hydrogen) atoms. The Morgan fingerprint density at radius 3 is 2.95 bits per heavy atom. The third-order valence-electron chi connectivity index (χ3n) is 3.63. The third kappa shape index (κ3) is 3.58. The van der Waals surface area contributed by atoms with E-state index in [4.69, 9.17) is 4.74 Å². The van der Waals surface area contributed by atoms with Gasteiger partial charge in [0.05, 0.1) is 6.10 Å². The summed E-state index contributed by atoms with van der Waals surface area (Å²) in [5.74, 6) is 2.67. The number of rotatable bonds is 5. The summed E-state index contributed by atoms with van der Waals surface area (Å²) in [7, 11) is 1.63. The quantitative estimate of drug-likeness (QED) is 0.846. The highest BCUT2D eigenvalue weighted by Gasteiger charge is 2.25. The molecule has 112 valence electrons. The zero-order chi connectivity index (χ0) is 14.5. The molecule has 0 bridgehead atoms. The molecule has 1 aromatic heterocycles. The van der Waals surface area contributed by atoms with Crippen LogP contribution in [0.4, 0.5) is 11.6 Å². The Morgan fingerprint density at radius 2 is 2.30 bits per heavy atom. The largest absolute Gasteiger partial charge is 0.391 e. The van der Waals surface area contributed by atoms with Crippen LogP contribution in [-0.4, -0.2) is 47.9 Å². The van der Waals surface area contributed by atoms with Crippen molar-refractivity contribution in [3.05, 3.63) is 11.9 Å². The fourth-order valence-corrected chi connectivity index (χ4v) is 2.37. The predicted octanol–water partition coefficient (Wildman–Crippen LogP) is 1.26. The van der Waals surface area contributed by atoms with E-state index < -0.39 is 0 Å². The molecule has 6 heteroatoms. The SMILES string of the molecule is CCNc1cc(N2CCC(C)C(O)C2)nc(COC)n1. The maximum atomic E-state index is 10.0. The summed E-state index contributed by atoms with van der Waals surface area (Å²) >= 11 is 0. The monoisotopic (exact) mass is 280 g/mol. The lowest BCUT2D eigenvalue weighted by molar-refractivity contribution is 0.102. The molecule has 0 saturated carbocycles. The van der Waals surface area contributed by atoms with E-state index in [9.17, 15) is 5.11 Å². The van der Waals surface area contributed by atoms with E-state index in [0.29, 0.717) is 24.9 Å². The smallest absolute Gasteiger partial charge is 0.158 e. The predicted molar refractivity (Wildman–Crippen MR) is 78.9 cm³/mol. The number of hydrogen-bond donors (Lipinski definition) is 2. The zero-order valence-corrected chi connectivity index (χ0v) is 12.5. The molecule has 2 rings (SSSR count). The number of piperidine rings is 1. The Bertz CT molecular complexity index is 417. The number of nitrogens with one attached hydrogen (secondary N) is 1. The molecule has 0 spiro atoms. The van der Waals surface area contributed by atoms with Crippen molar-refractivity contribution in [2.45, 2.75) is 33.0 Å². The van der Waals surface area contributed by atoms with Crippen molar-refractivity contribution in [2.75, 3.05) is 37.0 Å². The maximum absolute atomic E-state index is 10.0. The van der Waals surface area contributed by atoms with Crippen molar-refractivity contribution < 1.29 is 9.84 Å². The molecule has 2 atom stereocenters. The first-order chi connectivity index (χ1) is 9.63. The lowest BCUT2D eigenvalue weighted by Gasteiger charge is -2.35. The molecule has 1 aromatic rings. The van der Waals surface area contributed by atoms with Crippen molar-refractivity contribution in [1.82, 2.24) is 9.97 Å². The Labute approximate surface area is 120 Å². The topological polar surface area (TPSA) is 70.5 Å². The van der Waals surface area contributed by atoms with E-state index in [2.05, 4.69) is 27.1 Å². The minimum absolute atomic E-state index is 0.299. The third-order valence-corrected chi connectivity index (χ3v) is 3.63. The van der Waals surface area contributed by atoms with Gasteiger partial charge in [-0.3, -0.25) is 0 Å². The van der Waals surface area contributed by atoms with E-state index in [1.54, 1.807) is 7.11 Å². The number of anilines is 2. The standard InChI is InChI=1S/C14H24N4O2/c1-4-15-12-7-14(17-13(16-12)9-20-3)18-6-5-10(2)11(19)8-18/h7,10-11,19H,4-6,8-9H2,1-3H3,(H,15,16,17). The van der Waals surface area contributed by atoms with Gasteiger partial charge >= 0.3 is 0 Å². The molecule has 2 heterocycles. The molecule has 1 aliphatic heterocycles. The number of ether oxygens (including phenoxy) is 1. The Kier molecular flexibility index (Phi) is 5.14. The van der Waals surface area contributed by atoms with E-state index in [-0.39, 0.29) is 6.10 Å². The van der Waals surface area contributed by atoms with Crippen LogP contribution in [0.25, 0.3) is 0 Å². The lowest BCUT2D eigenvalue weighted by Crippen LogP contribution is -2.43. The fourth-order valence-electron chi connectivity index (χ4n) is 2.37. The van der Waals surface area contributed by atoms with Crippen molar-refractivity contribution in [3.63, 3.8) is 0 Å². The highest BCUT2D eigenvalue weighted by molar-refractivity contribution is 5.49. The van der Waals surface area contributed by atoms with Gasteiger partial charge in [-0.05, 0) is 19.3 Å². The first-order valence-corrected chi connectivity index (χ1v) is 7.17. The van der Waals surface area contributed by atoms with E-state index >= 15 is 0 Å². The van der Waals surface area contributed by atoms with Crippen LogP contribution in [0.15, 0.2) is 6.07 Å². The molecule has 0 aliphatic carbocycles. The van der Waals surface area contributed by atoms with Crippen molar-refractivity contribution in [2.24, 2.45) is 5.92 Å². The maximum Gasteiger partial charge on any atom is 0.158 e. The Morgan fingerprint density at radius 1 is 1.50 bits per heavy atom. The van der Waals surface area contributed by atoms with Gasteiger partial charge in [0.2, 0.25) is 0 Å². The van der Waals surface area contributed by atoms with Crippen molar-refractivity contribution in [3.8, 4) is 0 Å². The fraction of sp³-hybridized carbons (Fsp3) is 0.714. The van der Waals surface area contributed by atoms with Gasteiger partial charge in [0.1, 0.15) is 18.2 Å². The second-order valence-corrected chi connectivity index (χ2v) is 5.27. The molecule has 1 fully saturated rings. The van der Waals surface area contributed by atoms with Gasteiger partial charge in [0.15, 0.2) is 5.82 Å². The van der Waals surface area contributed by atoms with Crippen LogP contribution < -0.4 is 10.2 Å². The van der Waals surface area contributed by atoms with Gasteiger partial charge in [0.25, 0.3) is 0 Å². The minimum atomic E-state index is -0.299. The normalized spacial score (nSPS) is 22.9. The average molecular weight is 280 g/mol. The Hall–Kier alpha value is -1.40. The zero-order valence-electron chi connectivity index (χ0n) is 12.5. The summed E-state index contributed by atoms with van der Waals surface area (Å²) in [6, 6.07) is 1.94. The summed E-state index contributed by atoms with van der Waals surface area (Å²) in [4.78, 5) is 11.0. The number of aromatic nitrogens is 2. The lowest BCUT2D eigenvalue weighted by atomic mass is 9.96. The second-order valence-electron chi connectivity index (χ2n) is 5.27. The van der Waals surface area contributed by atoms with Crippen LogP contribution in [-0.2, 0) is 11.3 Å². The molecule has 1 aliphatic rings. The molecule has 6 nitrogen and oxygen atoms in total. The van der Waals surface area contributed by atoms with E-state index in [1.165, 1.54) is 0 Å². The number of aliphatic hydroxyl groups is 1. The first kappa shape index (κ1) is 15.0. The van der Waals surface area contributed by atoms with Crippen molar-refractivity contribution in [1.29, 1.82) is 0 Å². The van der Waals surface area contributed by atoms with Gasteiger partial charge in [-0.1, -0.05) is 6.92 Å². The average Bonchev–Trinajstić information content (AvgIpc) is 2.42. The molecule has 0 radical (unpaired) electrons. The molecule has 2 N–H and O–H groups in total. The molecular weight excluding hydrogens is 256 g/mol. The highest BCUT2D eigenvalue weighted by atomic mass is 16.5. The second kappa shape index (κ2) is 6.85. The first-order valence-electron chi connectivity index (χ1n) is 7.17. The number of hydrogen-bond acceptors (Lipinski definition) is 6. The van der Waals surface area contributed by atoms with Crippen LogP contribution in [0.1, 0.15) is 26.1 Å². The van der Waals surface area contributed by atoms with E-state index in [0.717, 1.165) is 31.1 Å². The van der Waals surface area contributed by atoms with Crippen LogP contribution in [0.5, 0.6) is 0 Å². The van der Waals surface area contributed by atoms with Gasteiger partial charge in [-0.15, -0.1) is 0 Å². The summed E-state index contributed by atoms with van der Waals surface area (Å²) in [5.41, 5.74) is 0. The van der Waals surface area contributed by atoms with Crippen LogP contribution >= 0.6 is 0 Å². The molecule has 0 aromatic carbocycles. The molecule has 1 saturated heterocycles. The molecule has 2 unspecified atom stereocenters. The number of β-amino-alcohol motifs (C(OH)–C–C–N with tert-alkyl or cyclic N) is 1. The van der Waals surface area contributed by atoms with Gasteiger partial charge in [0, 0.05) is 32.8 Å². The summed E-state index contributed by atoms with van der Waals surface area (Å²) < 4.78 is 5.12. The summed E-state index contributed by atoms with van der Waals surface area (Å²) in [6.07, 6.45) is 0.675. The minimum Gasteiger partial charge on any atom is -0.391 e. The van der Waals surface area contributed by atoms with Crippen LogP contribution in [0, 0.1) is 5.92 Å². The number of nitrogens with zero attached hydrogens (tertiary/aromatic N) is 3. The van der Waals surface area contributed by atoms with Crippen molar-refractivity contribution >= 4 is 11.6 Å². The highest BCUT2D eigenvalue weighted by Crippen LogP contribution is 2.23. The van der Waals surface area contributed by atoms with Crippen LogP contribution in [0.3, 0.4) is 0 Å². The van der Waals surface area contributed by atoms with Gasteiger partial charge < -0.3 is 20.1 Å². The molecular formula is C14H24N4O2. The van der Waals surface area contributed by atoms with Crippen LogP contribution in [0.2, 0.25) is 0 Å². The molecule has 0 amide bonds. The van der Waals surface area contributed by atoms with E-state index in [1.807, 2.05) is 13.0 Å². The number of aliphatic hydroxyl groups excluding tert-OH is 1. The summed E-state index contributed by atoms with van der Waals surface area (Å²) in [5, 5.41) is 13.2. The number of methoxy groups -OCH3 is 1. The summed E-state index contributed by atoms with van der Waals surface area (Å²) in [6.45, 7) is 6.84.